The molecule has 0 bridgehead atoms. The van der Waals surface area contributed by atoms with Gasteiger partial charge in [-0.3, -0.25) is 0 Å². The van der Waals surface area contributed by atoms with E-state index in [-0.39, 0.29) is 17.1 Å². The lowest BCUT2D eigenvalue weighted by atomic mass is 10.1. The van der Waals surface area contributed by atoms with Gasteiger partial charge in [-0.25, -0.2) is 14.2 Å². The number of rotatable bonds is 2. The number of anilines is 1. The van der Waals surface area contributed by atoms with Gasteiger partial charge in [0, 0.05) is 19.1 Å². The lowest BCUT2D eigenvalue weighted by Gasteiger charge is -2.30. The number of likely N-dealkylation sites (tertiary alicyclic amines) is 1. The molecule has 0 unspecified atom stereocenters. The lowest BCUT2D eigenvalue weighted by molar-refractivity contribution is 0.133. The van der Waals surface area contributed by atoms with Crippen molar-refractivity contribution in [3.05, 3.63) is 17.3 Å². The maximum Gasteiger partial charge on any atom is 0.407 e. The van der Waals surface area contributed by atoms with Crippen molar-refractivity contribution >= 4 is 23.5 Å². The first-order valence-corrected chi connectivity index (χ1v) is 5.86. The molecule has 18 heavy (non-hydrogen) atoms. The zero-order chi connectivity index (χ0) is 13.1. The van der Waals surface area contributed by atoms with Gasteiger partial charge in [-0.15, -0.1) is 0 Å². The molecule has 1 fully saturated rings. The summed E-state index contributed by atoms with van der Waals surface area (Å²) in [6.45, 7) is 0.848. The maximum atomic E-state index is 13.4. The summed E-state index contributed by atoms with van der Waals surface area (Å²) in [7, 11) is 0. The molecule has 0 aliphatic carbocycles. The minimum atomic E-state index is -0.926. The summed E-state index contributed by atoms with van der Waals surface area (Å²) < 4.78 is 13.4. The van der Waals surface area contributed by atoms with Gasteiger partial charge in [0.05, 0.1) is 6.20 Å². The molecule has 1 saturated heterocycles. The minimum absolute atomic E-state index is 0.0129. The maximum absolute atomic E-state index is 13.4. The molecule has 2 N–H and O–H groups in total. The van der Waals surface area contributed by atoms with Crippen molar-refractivity contribution in [2.75, 3.05) is 18.4 Å². The Morgan fingerprint density at radius 1 is 1.56 bits per heavy atom. The lowest BCUT2D eigenvalue weighted by Crippen LogP contribution is -2.41. The summed E-state index contributed by atoms with van der Waals surface area (Å²) in [6, 6.07) is -0.0129. The predicted molar refractivity (Wildman–Crippen MR) is 63.2 cm³/mol. The third-order valence-electron chi connectivity index (χ3n) is 2.82. The smallest absolute Gasteiger partial charge is 0.407 e. The second kappa shape index (κ2) is 5.34. The Hall–Kier alpha value is -1.63. The van der Waals surface area contributed by atoms with Gasteiger partial charge >= 0.3 is 6.09 Å². The fourth-order valence-electron chi connectivity index (χ4n) is 1.86. The number of nitrogens with one attached hydrogen (secondary N) is 1. The highest BCUT2D eigenvalue weighted by Gasteiger charge is 2.23. The van der Waals surface area contributed by atoms with Gasteiger partial charge in [-0.2, -0.15) is 4.98 Å². The van der Waals surface area contributed by atoms with Gasteiger partial charge in [0.15, 0.2) is 11.6 Å². The van der Waals surface area contributed by atoms with Crippen molar-refractivity contribution in [2.45, 2.75) is 18.9 Å². The average Bonchev–Trinajstić information content (AvgIpc) is 2.34. The molecule has 0 saturated carbocycles. The van der Waals surface area contributed by atoms with Crippen LogP contribution in [0.2, 0.25) is 5.28 Å². The molecule has 0 atom stereocenters. The number of amides is 1. The van der Waals surface area contributed by atoms with E-state index < -0.39 is 11.9 Å². The molecule has 1 aromatic heterocycles. The van der Waals surface area contributed by atoms with Crippen LogP contribution in [0.5, 0.6) is 0 Å². The van der Waals surface area contributed by atoms with Crippen molar-refractivity contribution in [1.82, 2.24) is 14.9 Å². The van der Waals surface area contributed by atoms with E-state index in [1.807, 2.05) is 0 Å². The molecule has 98 valence electrons. The second-order valence-electron chi connectivity index (χ2n) is 4.02. The van der Waals surface area contributed by atoms with Crippen LogP contribution < -0.4 is 5.32 Å². The molecule has 0 aromatic carbocycles. The summed E-state index contributed by atoms with van der Waals surface area (Å²) in [5, 5.41) is 11.7. The van der Waals surface area contributed by atoms with E-state index in [4.69, 9.17) is 16.7 Å². The van der Waals surface area contributed by atoms with Gasteiger partial charge < -0.3 is 15.3 Å². The minimum Gasteiger partial charge on any atom is -0.465 e. The van der Waals surface area contributed by atoms with Crippen LogP contribution in [0.25, 0.3) is 0 Å². The summed E-state index contributed by atoms with van der Waals surface area (Å²) >= 11 is 5.58. The molecule has 8 heteroatoms. The highest BCUT2D eigenvalue weighted by atomic mass is 35.5. The highest BCUT2D eigenvalue weighted by Crippen LogP contribution is 2.18. The third-order valence-corrected chi connectivity index (χ3v) is 3.00. The van der Waals surface area contributed by atoms with Crippen LogP contribution in [0.15, 0.2) is 6.20 Å². The van der Waals surface area contributed by atoms with Crippen molar-refractivity contribution in [3.8, 4) is 0 Å². The van der Waals surface area contributed by atoms with E-state index in [1.54, 1.807) is 0 Å². The molecule has 1 aliphatic rings. The Morgan fingerprint density at radius 3 is 2.83 bits per heavy atom. The largest absolute Gasteiger partial charge is 0.465 e. The number of piperidine rings is 1. The molecular weight excluding hydrogens is 263 g/mol. The van der Waals surface area contributed by atoms with Crippen LogP contribution in [0.3, 0.4) is 0 Å². The molecule has 1 amide bonds. The van der Waals surface area contributed by atoms with Crippen molar-refractivity contribution in [3.63, 3.8) is 0 Å². The number of halogens is 2. The van der Waals surface area contributed by atoms with Crippen molar-refractivity contribution in [2.24, 2.45) is 0 Å². The Labute approximate surface area is 108 Å². The zero-order valence-corrected chi connectivity index (χ0v) is 10.2. The van der Waals surface area contributed by atoms with Crippen molar-refractivity contribution in [1.29, 1.82) is 0 Å². The molecule has 2 rings (SSSR count). The van der Waals surface area contributed by atoms with E-state index in [0.29, 0.717) is 25.9 Å². The summed E-state index contributed by atoms with van der Waals surface area (Å²) in [6.07, 6.45) is 1.29. The van der Waals surface area contributed by atoms with Crippen molar-refractivity contribution < 1.29 is 14.3 Å². The molecule has 6 nitrogen and oxygen atoms in total. The quantitative estimate of drug-likeness (QED) is 0.805. The van der Waals surface area contributed by atoms with E-state index in [0.717, 1.165) is 6.20 Å². The Balaban J connectivity index is 1.95. The number of carbonyl (C=O) groups is 1. The van der Waals surface area contributed by atoms with Gasteiger partial charge in [0.2, 0.25) is 5.28 Å². The molecular formula is C10H12ClFN4O2. The standard InChI is InChI=1S/C10H12ClFN4O2/c11-9-13-5-7(12)8(15-9)14-6-1-3-16(4-2-6)10(17)18/h5-6H,1-4H2,(H,17,18)(H,13,14,15). The van der Waals surface area contributed by atoms with E-state index in [2.05, 4.69) is 15.3 Å². The van der Waals surface area contributed by atoms with Gasteiger partial charge in [-0.1, -0.05) is 0 Å². The number of nitrogens with zero attached hydrogens (tertiary/aromatic N) is 3. The topological polar surface area (TPSA) is 78.4 Å². The molecule has 1 aromatic rings. The van der Waals surface area contributed by atoms with Crippen LogP contribution in [0.1, 0.15) is 12.8 Å². The Morgan fingerprint density at radius 2 is 2.22 bits per heavy atom. The molecule has 0 spiro atoms. The number of hydrogen-bond acceptors (Lipinski definition) is 4. The first kappa shape index (κ1) is 12.8. The normalized spacial score (nSPS) is 16.7. The van der Waals surface area contributed by atoms with Crippen LogP contribution in [0.4, 0.5) is 15.0 Å². The molecule has 0 radical (unpaired) electrons. The Kier molecular flexibility index (Phi) is 3.81. The highest BCUT2D eigenvalue weighted by molar-refractivity contribution is 6.28. The first-order valence-electron chi connectivity index (χ1n) is 5.48. The summed E-state index contributed by atoms with van der Waals surface area (Å²) in [4.78, 5) is 19.3. The molecule has 2 heterocycles. The van der Waals surface area contributed by atoms with Gasteiger partial charge in [0.1, 0.15) is 0 Å². The monoisotopic (exact) mass is 274 g/mol. The second-order valence-corrected chi connectivity index (χ2v) is 4.36. The predicted octanol–water partition coefficient (Wildman–Crippen LogP) is 1.82. The fraction of sp³-hybridized carbons (Fsp3) is 0.500. The first-order chi connectivity index (χ1) is 8.56. The Bertz CT molecular complexity index is 452. The van der Waals surface area contributed by atoms with Crippen LogP contribution in [0, 0.1) is 5.82 Å². The van der Waals surface area contributed by atoms with E-state index >= 15 is 0 Å². The zero-order valence-electron chi connectivity index (χ0n) is 9.44. The number of carboxylic acid groups (broad SMARTS) is 1. The van der Waals surface area contributed by atoms with Crippen LogP contribution in [-0.4, -0.2) is 45.2 Å². The third kappa shape index (κ3) is 2.98. The van der Waals surface area contributed by atoms with Crippen LogP contribution >= 0.6 is 11.6 Å². The SMILES string of the molecule is O=C(O)N1CCC(Nc2nc(Cl)ncc2F)CC1. The summed E-state index contributed by atoms with van der Waals surface area (Å²) in [5.74, 6) is -0.510. The number of aromatic nitrogens is 2. The molecule has 1 aliphatic heterocycles. The van der Waals surface area contributed by atoms with E-state index in [9.17, 15) is 9.18 Å². The van der Waals surface area contributed by atoms with Crippen LogP contribution in [-0.2, 0) is 0 Å². The van der Waals surface area contributed by atoms with Gasteiger partial charge in [-0.05, 0) is 24.4 Å². The summed E-state index contributed by atoms with van der Waals surface area (Å²) in [5.41, 5.74) is 0. The average molecular weight is 275 g/mol. The fourth-order valence-corrected chi connectivity index (χ4v) is 1.99. The van der Waals surface area contributed by atoms with E-state index in [1.165, 1.54) is 4.90 Å². The number of hydrogen-bond donors (Lipinski definition) is 2. The van der Waals surface area contributed by atoms with Gasteiger partial charge in [0.25, 0.3) is 0 Å².